The van der Waals surface area contributed by atoms with Gasteiger partial charge in [-0.3, -0.25) is 14.8 Å². The maximum atomic E-state index is 12.0. The zero-order valence-electron chi connectivity index (χ0n) is 15.2. The van der Waals surface area contributed by atoms with Gasteiger partial charge in [-0.1, -0.05) is 11.3 Å². The molecule has 6 N–H and O–H groups in total. The number of aryl methyl sites for hydroxylation is 1. The van der Waals surface area contributed by atoms with Gasteiger partial charge in [0, 0.05) is 37.8 Å². The molecule has 0 atom stereocenters. The molecule has 27 heavy (non-hydrogen) atoms. The van der Waals surface area contributed by atoms with Gasteiger partial charge in [-0.15, -0.1) is 10.2 Å². The van der Waals surface area contributed by atoms with E-state index in [-0.39, 0.29) is 12.3 Å². The highest BCUT2D eigenvalue weighted by Gasteiger charge is 2.09. The van der Waals surface area contributed by atoms with E-state index in [2.05, 4.69) is 30.8 Å². The van der Waals surface area contributed by atoms with Gasteiger partial charge in [-0.2, -0.15) is 0 Å². The van der Waals surface area contributed by atoms with Crippen LogP contribution in [0.5, 0.6) is 0 Å². The fraction of sp³-hybridized carbons (Fsp3) is 0.353. The van der Waals surface area contributed by atoms with E-state index in [0.29, 0.717) is 16.6 Å². The number of rotatable bonds is 10. The van der Waals surface area contributed by atoms with Crippen molar-refractivity contribution in [2.75, 3.05) is 12.4 Å². The Morgan fingerprint density at radius 1 is 1.22 bits per heavy atom. The van der Waals surface area contributed by atoms with E-state index in [1.54, 1.807) is 31.7 Å². The van der Waals surface area contributed by atoms with Crippen molar-refractivity contribution in [3.05, 3.63) is 53.0 Å². The Kier molecular flexibility index (Phi) is 8.17. The van der Waals surface area contributed by atoms with Crippen molar-refractivity contribution in [1.29, 1.82) is 0 Å². The monoisotopic (exact) mass is 388 g/mol. The van der Waals surface area contributed by atoms with Gasteiger partial charge in [-0.25, -0.2) is 0 Å². The summed E-state index contributed by atoms with van der Waals surface area (Å²) in [6, 6.07) is 0. The molecular formula is C17H24N8OS. The minimum atomic E-state index is -0.190. The van der Waals surface area contributed by atoms with Crippen molar-refractivity contribution in [3.8, 4) is 0 Å². The number of nitrogens with one attached hydrogen (secondary N) is 2. The predicted octanol–water partition coefficient (Wildman–Crippen LogP) is 1.08. The number of carbonyl (C=O) groups excluding carboxylic acids is 1. The second-order valence-electron chi connectivity index (χ2n) is 5.74. The van der Waals surface area contributed by atoms with E-state index in [1.165, 1.54) is 11.3 Å². The number of nitrogens with two attached hydrogens (primary N) is 2. The number of unbranched alkanes of at least 4 members (excludes halogenated alkanes) is 1. The molecule has 144 valence electrons. The van der Waals surface area contributed by atoms with Crippen molar-refractivity contribution >= 4 is 22.4 Å². The molecule has 2 aromatic heterocycles. The average Bonchev–Trinajstić information content (AvgIpc) is 3.11. The molecule has 0 radical (unpaired) electrons. The standard InChI is InChI=1S/C17H24N8OS/c1-20-14(19)7-6-12(18)4-2-3-5-16-24-25-17(27-16)23-15(26)10-13-11-21-8-9-22-13/h6-9,11,20H,2-5,10,18-19H2,1H3,(H,23,25,26)/b12-6-,14-7+. The number of amides is 1. The zero-order chi connectivity index (χ0) is 19.5. The molecule has 0 spiro atoms. The lowest BCUT2D eigenvalue weighted by Gasteiger charge is -2.01. The van der Waals surface area contributed by atoms with Crippen LogP contribution in [-0.2, 0) is 17.6 Å². The number of nitrogens with zero attached hydrogens (tertiary/aromatic N) is 4. The van der Waals surface area contributed by atoms with E-state index in [4.69, 9.17) is 11.5 Å². The molecule has 0 fully saturated rings. The molecule has 2 aromatic rings. The van der Waals surface area contributed by atoms with Crippen LogP contribution in [0.1, 0.15) is 30.0 Å². The maximum absolute atomic E-state index is 12.0. The summed E-state index contributed by atoms with van der Waals surface area (Å²) in [4.78, 5) is 20.0. The Morgan fingerprint density at radius 3 is 2.81 bits per heavy atom. The van der Waals surface area contributed by atoms with Crippen LogP contribution < -0.4 is 22.1 Å². The highest BCUT2D eigenvalue weighted by molar-refractivity contribution is 7.15. The molecule has 9 nitrogen and oxygen atoms in total. The van der Waals surface area contributed by atoms with Crippen LogP contribution in [0.25, 0.3) is 0 Å². The van der Waals surface area contributed by atoms with Gasteiger partial charge in [0.2, 0.25) is 11.0 Å². The van der Waals surface area contributed by atoms with Crippen LogP contribution in [0, 0.1) is 0 Å². The predicted molar refractivity (Wildman–Crippen MR) is 105 cm³/mol. The van der Waals surface area contributed by atoms with Crippen LogP contribution in [0.3, 0.4) is 0 Å². The smallest absolute Gasteiger partial charge is 0.232 e. The third kappa shape index (κ3) is 7.82. The summed E-state index contributed by atoms with van der Waals surface area (Å²) in [5.74, 6) is 0.380. The van der Waals surface area contributed by atoms with Crippen LogP contribution in [0.4, 0.5) is 5.13 Å². The van der Waals surface area contributed by atoms with E-state index < -0.39 is 0 Å². The molecule has 1 amide bonds. The fourth-order valence-electron chi connectivity index (χ4n) is 2.12. The summed E-state index contributed by atoms with van der Waals surface area (Å²) in [5.41, 5.74) is 12.9. The van der Waals surface area contributed by atoms with Gasteiger partial charge in [0.15, 0.2) is 0 Å². The van der Waals surface area contributed by atoms with E-state index >= 15 is 0 Å². The SMILES string of the molecule is CN/C(N)=C/C=C(\N)CCCCc1nnc(NC(=O)Cc2cnccn2)s1. The molecule has 0 aromatic carbocycles. The topological polar surface area (TPSA) is 145 Å². The van der Waals surface area contributed by atoms with Gasteiger partial charge >= 0.3 is 0 Å². The van der Waals surface area contributed by atoms with E-state index in [0.717, 1.165) is 36.4 Å². The quantitative estimate of drug-likeness (QED) is 0.349. The lowest BCUT2D eigenvalue weighted by atomic mass is 10.1. The third-order valence-electron chi connectivity index (χ3n) is 3.54. The Bertz CT molecular complexity index is 787. The largest absolute Gasteiger partial charge is 0.402 e. The summed E-state index contributed by atoms with van der Waals surface area (Å²) in [5, 5.41) is 15.1. The molecular weight excluding hydrogens is 364 g/mol. The van der Waals surface area contributed by atoms with Crippen molar-refractivity contribution in [1.82, 2.24) is 25.5 Å². The minimum Gasteiger partial charge on any atom is -0.402 e. The van der Waals surface area contributed by atoms with Gasteiger partial charge in [0.1, 0.15) is 5.01 Å². The van der Waals surface area contributed by atoms with E-state index in [9.17, 15) is 4.79 Å². The van der Waals surface area contributed by atoms with Gasteiger partial charge in [-0.05, 0) is 31.4 Å². The lowest BCUT2D eigenvalue weighted by Crippen LogP contribution is -2.15. The molecule has 0 bridgehead atoms. The Balaban J connectivity index is 1.70. The number of hydrogen-bond donors (Lipinski definition) is 4. The number of anilines is 1. The average molecular weight is 389 g/mol. The summed E-state index contributed by atoms with van der Waals surface area (Å²) in [7, 11) is 1.75. The summed E-state index contributed by atoms with van der Waals surface area (Å²) < 4.78 is 0. The Labute approximate surface area is 162 Å². The second-order valence-corrected chi connectivity index (χ2v) is 6.81. The van der Waals surface area contributed by atoms with Gasteiger partial charge in [0.05, 0.1) is 17.9 Å². The first-order valence-electron chi connectivity index (χ1n) is 8.53. The van der Waals surface area contributed by atoms with Crippen molar-refractivity contribution < 1.29 is 4.79 Å². The minimum absolute atomic E-state index is 0.154. The molecule has 0 saturated heterocycles. The molecule has 0 aliphatic rings. The number of allylic oxidation sites excluding steroid dienone is 3. The third-order valence-corrected chi connectivity index (χ3v) is 4.44. The van der Waals surface area contributed by atoms with E-state index in [1.807, 2.05) is 6.08 Å². The molecule has 0 aliphatic heterocycles. The first kappa shape index (κ1) is 20.3. The normalized spacial score (nSPS) is 12.0. The van der Waals surface area contributed by atoms with Gasteiger partial charge in [0.25, 0.3) is 0 Å². The van der Waals surface area contributed by atoms with Crippen molar-refractivity contribution in [2.45, 2.75) is 32.1 Å². The highest BCUT2D eigenvalue weighted by Crippen LogP contribution is 2.18. The first-order valence-corrected chi connectivity index (χ1v) is 9.35. The first-order chi connectivity index (χ1) is 13.1. The van der Waals surface area contributed by atoms with Crippen molar-refractivity contribution in [2.24, 2.45) is 11.5 Å². The number of aromatic nitrogens is 4. The summed E-state index contributed by atoms with van der Waals surface area (Å²) in [6.07, 6.45) is 11.8. The van der Waals surface area contributed by atoms with Crippen LogP contribution in [0.15, 0.2) is 42.3 Å². The molecule has 2 rings (SSSR count). The summed E-state index contributed by atoms with van der Waals surface area (Å²) in [6.45, 7) is 0. The highest BCUT2D eigenvalue weighted by atomic mass is 32.1. The molecule has 0 saturated carbocycles. The number of carbonyl (C=O) groups is 1. The van der Waals surface area contributed by atoms with Crippen LogP contribution in [0.2, 0.25) is 0 Å². The molecule has 0 aliphatic carbocycles. The number of hydrogen-bond acceptors (Lipinski definition) is 9. The van der Waals surface area contributed by atoms with Crippen molar-refractivity contribution in [3.63, 3.8) is 0 Å². The zero-order valence-corrected chi connectivity index (χ0v) is 16.0. The molecule has 10 heteroatoms. The molecule has 2 heterocycles. The van der Waals surface area contributed by atoms with Crippen LogP contribution >= 0.6 is 11.3 Å². The maximum Gasteiger partial charge on any atom is 0.232 e. The second kappa shape index (κ2) is 10.9. The van der Waals surface area contributed by atoms with Crippen LogP contribution in [-0.4, -0.2) is 33.1 Å². The fourth-order valence-corrected chi connectivity index (χ4v) is 2.92. The molecule has 0 unspecified atom stereocenters. The van der Waals surface area contributed by atoms with Gasteiger partial charge < -0.3 is 22.1 Å². The Hall–Kier alpha value is -3.01. The Morgan fingerprint density at radius 2 is 2.07 bits per heavy atom. The summed E-state index contributed by atoms with van der Waals surface area (Å²) >= 11 is 1.38. The lowest BCUT2D eigenvalue weighted by molar-refractivity contribution is -0.115.